The van der Waals surface area contributed by atoms with Gasteiger partial charge >= 0.3 is 0 Å². The largest absolute Gasteiger partial charge is 0.367 e. The van der Waals surface area contributed by atoms with E-state index in [2.05, 4.69) is 14.9 Å². The fourth-order valence-electron chi connectivity index (χ4n) is 3.16. The maximum Gasteiger partial charge on any atom is 0.178 e. The van der Waals surface area contributed by atoms with Gasteiger partial charge in [0.05, 0.1) is 10.6 Å². The Morgan fingerprint density at radius 1 is 1.00 bits per heavy atom. The highest BCUT2D eigenvalue weighted by Gasteiger charge is 2.20. The second kappa shape index (κ2) is 6.74. The van der Waals surface area contributed by atoms with E-state index in [4.69, 9.17) is 4.98 Å². The number of rotatable bonds is 3. The number of benzene rings is 1. The maximum absolute atomic E-state index is 11.6. The zero-order valence-corrected chi connectivity index (χ0v) is 16.1. The number of aromatic nitrogens is 3. The zero-order chi connectivity index (χ0) is 19.0. The molecule has 6 nitrogen and oxygen atoms in total. The fraction of sp³-hybridized carbons (Fsp3) is 0.250. The second-order valence-electron chi connectivity index (χ2n) is 6.82. The summed E-state index contributed by atoms with van der Waals surface area (Å²) in [6.07, 6.45) is 5.72. The third-order valence-electron chi connectivity index (χ3n) is 4.70. The first-order valence-corrected chi connectivity index (χ1v) is 10.6. The van der Waals surface area contributed by atoms with Crippen molar-refractivity contribution in [1.29, 1.82) is 0 Å². The monoisotopic (exact) mass is 380 g/mol. The van der Waals surface area contributed by atoms with Crippen LogP contribution in [0.3, 0.4) is 0 Å². The molecule has 138 valence electrons. The molecule has 1 aliphatic heterocycles. The van der Waals surface area contributed by atoms with Gasteiger partial charge in [-0.15, -0.1) is 0 Å². The summed E-state index contributed by atoms with van der Waals surface area (Å²) in [6.45, 7) is 3.53. The van der Waals surface area contributed by atoms with Crippen LogP contribution in [0.25, 0.3) is 11.5 Å². The van der Waals surface area contributed by atoms with Crippen LogP contribution in [-0.4, -0.2) is 36.2 Å². The van der Waals surface area contributed by atoms with Crippen molar-refractivity contribution in [3.05, 3.63) is 65.6 Å². The molecule has 0 unspecified atom stereocenters. The van der Waals surface area contributed by atoms with Crippen LogP contribution in [0.5, 0.6) is 0 Å². The van der Waals surface area contributed by atoms with Gasteiger partial charge in [0.1, 0.15) is 5.69 Å². The van der Waals surface area contributed by atoms with E-state index in [0.29, 0.717) is 17.3 Å². The molecule has 0 radical (unpaired) electrons. The molecule has 0 bridgehead atoms. The van der Waals surface area contributed by atoms with Crippen molar-refractivity contribution in [1.82, 2.24) is 15.0 Å². The molecule has 0 amide bonds. The number of aryl methyl sites for hydroxylation is 1. The first-order chi connectivity index (χ1) is 12.9. The van der Waals surface area contributed by atoms with Crippen LogP contribution in [-0.2, 0) is 22.8 Å². The van der Waals surface area contributed by atoms with Crippen molar-refractivity contribution < 1.29 is 8.42 Å². The van der Waals surface area contributed by atoms with Gasteiger partial charge in [-0.25, -0.2) is 18.4 Å². The van der Waals surface area contributed by atoms with Gasteiger partial charge < -0.3 is 4.90 Å². The van der Waals surface area contributed by atoms with Gasteiger partial charge in [-0.2, -0.15) is 0 Å². The summed E-state index contributed by atoms with van der Waals surface area (Å²) in [5, 5.41) is 0. The Kier molecular flexibility index (Phi) is 4.39. The molecule has 0 atom stereocenters. The third-order valence-corrected chi connectivity index (χ3v) is 5.83. The predicted molar refractivity (Wildman–Crippen MR) is 104 cm³/mol. The van der Waals surface area contributed by atoms with E-state index in [9.17, 15) is 8.42 Å². The van der Waals surface area contributed by atoms with Gasteiger partial charge in [-0.05, 0) is 42.8 Å². The molecule has 1 aromatic carbocycles. The summed E-state index contributed by atoms with van der Waals surface area (Å²) in [5.74, 6) is 0.653. The normalized spacial score (nSPS) is 14.1. The smallest absolute Gasteiger partial charge is 0.178 e. The minimum absolute atomic E-state index is 0.335. The molecule has 3 aromatic rings. The third kappa shape index (κ3) is 3.68. The summed E-state index contributed by atoms with van der Waals surface area (Å²) in [7, 11) is -3.18. The van der Waals surface area contributed by atoms with Crippen molar-refractivity contribution in [3.8, 4) is 11.5 Å². The number of hydrogen-bond donors (Lipinski definition) is 0. The number of anilines is 1. The van der Waals surface area contributed by atoms with Gasteiger partial charge in [-0.3, -0.25) is 4.98 Å². The summed E-state index contributed by atoms with van der Waals surface area (Å²) in [4.78, 5) is 16.1. The van der Waals surface area contributed by atoms with E-state index in [1.807, 2.05) is 43.6 Å². The van der Waals surface area contributed by atoms with Crippen LogP contribution in [0.4, 0.5) is 5.69 Å². The molecule has 27 heavy (non-hydrogen) atoms. The lowest BCUT2D eigenvalue weighted by Crippen LogP contribution is -2.31. The maximum atomic E-state index is 11.6. The molecule has 3 heterocycles. The molecule has 2 aromatic heterocycles. The Hall–Kier alpha value is -2.80. The minimum atomic E-state index is -3.18. The molecule has 0 fully saturated rings. The van der Waals surface area contributed by atoms with Crippen molar-refractivity contribution in [2.45, 2.75) is 24.8 Å². The summed E-state index contributed by atoms with van der Waals surface area (Å²) in [6, 6.07) is 11.0. The molecule has 0 spiro atoms. The number of fused-ring (bicyclic) bond motifs is 1. The highest BCUT2D eigenvalue weighted by Crippen LogP contribution is 2.25. The van der Waals surface area contributed by atoms with E-state index in [1.54, 1.807) is 12.1 Å². The van der Waals surface area contributed by atoms with Gasteiger partial charge in [0, 0.05) is 49.4 Å². The van der Waals surface area contributed by atoms with Crippen LogP contribution in [0.2, 0.25) is 0 Å². The first kappa shape index (κ1) is 17.6. The average Bonchev–Trinajstić information content (AvgIpc) is 2.67. The van der Waals surface area contributed by atoms with E-state index in [1.165, 1.54) is 6.26 Å². The molecule has 0 saturated heterocycles. The Morgan fingerprint density at radius 3 is 2.44 bits per heavy atom. The van der Waals surface area contributed by atoms with Gasteiger partial charge in [-0.1, -0.05) is 6.07 Å². The number of nitrogens with zero attached hydrogens (tertiary/aromatic N) is 4. The topological polar surface area (TPSA) is 76.1 Å². The van der Waals surface area contributed by atoms with E-state index in [0.717, 1.165) is 41.2 Å². The highest BCUT2D eigenvalue weighted by molar-refractivity contribution is 7.90. The summed E-state index contributed by atoms with van der Waals surface area (Å²) < 4.78 is 23.2. The van der Waals surface area contributed by atoms with Gasteiger partial charge in [0.25, 0.3) is 0 Å². The van der Waals surface area contributed by atoms with Crippen LogP contribution in [0.1, 0.15) is 16.8 Å². The first-order valence-electron chi connectivity index (χ1n) is 8.73. The second-order valence-corrected chi connectivity index (χ2v) is 8.84. The quantitative estimate of drug-likeness (QED) is 0.695. The molecule has 0 aliphatic carbocycles. The van der Waals surface area contributed by atoms with E-state index < -0.39 is 9.84 Å². The van der Waals surface area contributed by atoms with Crippen molar-refractivity contribution in [2.24, 2.45) is 0 Å². The Morgan fingerprint density at radius 2 is 1.78 bits per heavy atom. The Bertz CT molecular complexity index is 1080. The number of pyridine rings is 1. The predicted octanol–water partition coefficient (Wildman–Crippen LogP) is 2.81. The standard InChI is InChI=1S/C20H20N4O2S/c1-14-3-8-19(21-11-14)20-22-12-15-13-24(10-9-18(15)23-20)16-4-6-17(7-5-16)27(2,25)26/h3-8,11-12H,9-10,13H2,1-2H3. The number of sulfone groups is 1. The number of hydrogen-bond acceptors (Lipinski definition) is 6. The van der Waals surface area contributed by atoms with Crippen LogP contribution >= 0.6 is 0 Å². The average molecular weight is 380 g/mol. The zero-order valence-electron chi connectivity index (χ0n) is 15.3. The van der Waals surface area contributed by atoms with Crippen molar-refractivity contribution >= 4 is 15.5 Å². The van der Waals surface area contributed by atoms with Crippen LogP contribution < -0.4 is 4.90 Å². The van der Waals surface area contributed by atoms with Gasteiger partial charge in [0.2, 0.25) is 0 Å². The fourth-order valence-corrected chi connectivity index (χ4v) is 3.79. The summed E-state index contributed by atoms with van der Waals surface area (Å²) >= 11 is 0. The molecule has 0 saturated carbocycles. The molecule has 0 N–H and O–H groups in total. The lowest BCUT2D eigenvalue weighted by Gasteiger charge is -2.30. The van der Waals surface area contributed by atoms with Crippen LogP contribution in [0.15, 0.2) is 53.7 Å². The molecular weight excluding hydrogens is 360 g/mol. The molecule has 1 aliphatic rings. The van der Waals surface area contributed by atoms with Crippen molar-refractivity contribution in [3.63, 3.8) is 0 Å². The van der Waals surface area contributed by atoms with Crippen molar-refractivity contribution in [2.75, 3.05) is 17.7 Å². The minimum Gasteiger partial charge on any atom is -0.367 e. The molecular formula is C20H20N4O2S. The van der Waals surface area contributed by atoms with Gasteiger partial charge in [0.15, 0.2) is 15.7 Å². The highest BCUT2D eigenvalue weighted by atomic mass is 32.2. The van der Waals surface area contributed by atoms with E-state index >= 15 is 0 Å². The Labute approximate surface area is 158 Å². The molecule has 7 heteroatoms. The SMILES string of the molecule is Cc1ccc(-c2ncc3c(n2)CCN(c2ccc(S(C)(=O)=O)cc2)C3)nc1. The Balaban J connectivity index is 1.56. The summed E-state index contributed by atoms with van der Waals surface area (Å²) in [5.41, 5.74) is 5.02. The molecule has 4 rings (SSSR count). The van der Waals surface area contributed by atoms with Crippen LogP contribution in [0, 0.1) is 6.92 Å². The van der Waals surface area contributed by atoms with E-state index in [-0.39, 0.29) is 0 Å². The lowest BCUT2D eigenvalue weighted by molar-refractivity contribution is 0.602. The lowest BCUT2D eigenvalue weighted by atomic mass is 10.1.